The van der Waals surface area contributed by atoms with Gasteiger partial charge in [0.05, 0.1) is 0 Å². The molecule has 1 unspecified atom stereocenters. The van der Waals surface area contributed by atoms with Gasteiger partial charge in [0.2, 0.25) is 0 Å². The van der Waals surface area contributed by atoms with Gasteiger partial charge in [-0.25, -0.2) is 0 Å². The number of nitrogens with one attached hydrogen (secondary N) is 1. The summed E-state index contributed by atoms with van der Waals surface area (Å²) >= 11 is 6.38. The van der Waals surface area contributed by atoms with Gasteiger partial charge >= 0.3 is 0 Å². The standard InChI is InChI=1S/C18H22ClNO/c1-5-20-14(4)16-10-9-15(11-17(16)19)21-18-8-6-7-12(2)13(18)3/h6-11,14,20H,5H2,1-4H3. The molecule has 0 radical (unpaired) electrons. The molecule has 0 fully saturated rings. The average Bonchev–Trinajstić information content (AvgIpc) is 2.44. The van der Waals surface area contributed by atoms with Crippen LogP contribution in [0.5, 0.6) is 11.5 Å². The molecule has 2 aromatic rings. The van der Waals surface area contributed by atoms with Crippen molar-refractivity contribution >= 4 is 11.6 Å². The molecule has 0 aliphatic carbocycles. The number of hydrogen-bond acceptors (Lipinski definition) is 2. The Labute approximate surface area is 132 Å². The molecule has 0 bridgehead atoms. The van der Waals surface area contributed by atoms with Crippen molar-refractivity contribution < 1.29 is 4.74 Å². The highest BCUT2D eigenvalue weighted by Crippen LogP contribution is 2.31. The first-order chi connectivity index (χ1) is 10.0. The Morgan fingerprint density at radius 1 is 1.19 bits per heavy atom. The van der Waals surface area contributed by atoms with Gasteiger partial charge in [0.1, 0.15) is 11.5 Å². The lowest BCUT2D eigenvalue weighted by Gasteiger charge is -2.16. The first kappa shape index (κ1) is 15.9. The third-order valence-corrected chi connectivity index (χ3v) is 4.06. The Morgan fingerprint density at radius 3 is 2.62 bits per heavy atom. The summed E-state index contributed by atoms with van der Waals surface area (Å²) in [5.74, 6) is 1.64. The summed E-state index contributed by atoms with van der Waals surface area (Å²) < 4.78 is 5.96. The molecule has 3 heteroatoms. The van der Waals surface area contributed by atoms with E-state index in [2.05, 4.69) is 39.1 Å². The molecule has 2 nitrogen and oxygen atoms in total. The third-order valence-electron chi connectivity index (χ3n) is 3.73. The molecule has 0 saturated heterocycles. The Hall–Kier alpha value is -1.51. The van der Waals surface area contributed by atoms with Crippen molar-refractivity contribution in [3.05, 3.63) is 58.1 Å². The Bertz CT molecular complexity index is 625. The summed E-state index contributed by atoms with van der Waals surface area (Å²) in [5, 5.41) is 4.09. The second-order valence-electron chi connectivity index (χ2n) is 5.26. The van der Waals surface area contributed by atoms with Crippen LogP contribution in [0.1, 0.15) is 36.6 Å². The smallest absolute Gasteiger partial charge is 0.130 e. The minimum Gasteiger partial charge on any atom is -0.457 e. The largest absolute Gasteiger partial charge is 0.457 e. The zero-order valence-electron chi connectivity index (χ0n) is 13.0. The predicted octanol–water partition coefficient (Wildman–Crippen LogP) is 5.42. The minimum atomic E-state index is 0.234. The normalized spacial score (nSPS) is 12.2. The molecule has 2 aromatic carbocycles. The van der Waals surface area contributed by atoms with E-state index < -0.39 is 0 Å². The van der Waals surface area contributed by atoms with Crippen LogP contribution in [0.3, 0.4) is 0 Å². The number of benzene rings is 2. The fourth-order valence-corrected chi connectivity index (χ4v) is 2.63. The highest BCUT2D eigenvalue weighted by Gasteiger charge is 2.10. The first-order valence-electron chi connectivity index (χ1n) is 7.29. The van der Waals surface area contributed by atoms with Crippen molar-refractivity contribution in [1.29, 1.82) is 0 Å². The molecular weight excluding hydrogens is 282 g/mol. The average molecular weight is 304 g/mol. The van der Waals surface area contributed by atoms with Crippen LogP contribution in [0.4, 0.5) is 0 Å². The van der Waals surface area contributed by atoms with Crippen LogP contribution in [-0.2, 0) is 0 Å². The van der Waals surface area contributed by atoms with Gasteiger partial charge < -0.3 is 10.1 Å². The van der Waals surface area contributed by atoms with Crippen molar-refractivity contribution in [1.82, 2.24) is 5.32 Å². The van der Waals surface area contributed by atoms with E-state index in [-0.39, 0.29) is 6.04 Å². The van der Waals surface area contributed by atoms with E-state index in [1.165, 1.54) is 5.56 Å². The zero-order chi connectivity index (χ0) is 15.4. The highest BCUT2D eigenvalue weighted by atomic mass is 35.5. The zero-order valence-corrected chi connectivity index (χ0v) is 13.8. The third kappa shape index (κ3) is 3.78. The molecular formula is C18H22ClNO. The summed E-state index contributed by atoms with van der Waals surface area (Å²) in [5.41, 5.74) is 3.46. The Balaban J connectivity index is 2.22. The van der Waals surface area contributed by atoms with Crippen LogP contribution in [-0.4, -0.2) is 6.54 Å². The van der Waals surface area contributed by atoms with Crippen molar-refractivity contribution in [3.8, 4) is 11.5 Å². The molecule has 0 spiro atoms. The molecule has 112 valence electrons. The first-order valence-corrected chi connectivity index (χ1v) is 7.67. The van der Waals surface area contributed by atoms with Crippen molar-refractivity contribution in [2.45, 2.75) is 33.7 Å². The molecule has 0 aliphatic rings. The minimum absolute atomic E-state index is 0.234. The topological polar surface area (TPSA) is 21.3 Å². The molecule has 1 N–H and O–H groups in total. The number of halogens is 1. The van der Waals surface area contributed by atoms with E-state index in [9.17, 15) is 0 Å². The highest BCUT2D eigenvalue weighted by molar-refractivity contribution is 6.31. The quantitative estimate of drug-likeness (QED) is 0.796. The summed E-state index contributed by atoms with van der Waals surface area (Å²) in [6, 6.07) is 12.2. The maximum Gasteiger partial charge on any atom is 0.130 e. The van der Waals surface area contributed by atoms with Gasteiger partial charge in [-0.15, -0.1) is 0 Å². The molecule has 21 heavy (non-hydrogen) atoms. The number of rotatable bonds is 5. The van der Waals surface area contributed by atoms with Gasteiger partial charge in [-0.3, -0.25) is 0 Å². The predicted molar refractivity (Wildman–Crippen MR) is 89.5 cm³/mol. The maximum absolute atomic E-state index is 6.38. The lowest BCUT2D eigenvalue weighted by atomic mass is 10.1. The molecule has 0 heterocycles. The van der Waals surface area contributed by atoms with E-state index in [1.54, 1.807) is 0 Å². The SMILES string of the molecule is CCNC(C)c1ccc(Oc2cccc(C)c2C)cc1Cl. The van der Waals surface area contributed by atoms with Gasteiger partial charge in [-0.1, -0.05) is 36.7 Å². The van der Waals surface area contributed by atoms with Gasteiger partial charge in [-0.2, -0.15) is 0 Å². The molecule has 0 aromatic heterocycles. The summed E-state index contributed by atoms with van der Waals surface area (Å²) in [7, 11) is 0. The Kier molecular flexibility index (Phi) is 5.27. The van der Waals surface area contributed by atoms with Crippen molar-refractivity contribution in [3.63, 3.8) is 0 Å². The van der Waals surface area contributed by atoms with Crippen LogP contribution in [0, 0.1) is 13.8 Å². The van der Waals surface area contributed by atoms with E-state index in [4.69, 9.17) is 16.3 Å². The molecule has 0 saturated carbocycles. The van der Waals surface area contributed by atoms with Gasteiger partial charge in [0.15, 0.2) is 0 Å². The van der Waals surface area contributed by atoms with E-state index >= 15 is 0 Å². The summed E-state index contributed by atoms with van der Waals surface area (Å²) in [6.45, 7) is 9.25. The number of aryl methyl sites for hydroxylation is 1. The van der Waals surface area contributed by atoms with E-state index in [0.29, 0.717) is 0 Å². The monoisotopic (exact) mass is 303 g/mol. The van der Waals surface area contributed by atoms with Crippen LogP contribution < -0.4 is 10.1 Å². The van der Waals surface area contributed by atoms with Gasteiger partial charge in [0, 0.05) is 11.1 Å². The van der Waals surface area contributed by atoms with Crippen LogP contribution >= 0.6 is 11.6 Å². The lowest BCUT2D eigenvalue weighted by molar-refractivity contribution is 0.477. The van der Waals surface area contributed by atoms with Crippen LogP contribution in [0.2, 0.25) is 5.02 Å². The van der Waals surface area contributed by atoms with Gasteiger partial charge in [0.25, 0.3) is 0 Å². The number of hydrogen-bond donors (Lipinski definition) is 1. The number of ether oxygens (including phenoxy) is 1. The van der Waals surface area contributed by atoms with Crippen molar-refractivity contribution in [2.75, 3.05) is 6.54 Å². The fourth-order valence-electron chi connectivity index (χ4n) is 2.30. The van der Waals surface area contributed by atoms with Gasteiger partial charge in [-0.05, 0) is 62.2 Å². The van der Waals surface area contributed by atoms with Crippen LogP contribution in [0.25, 0.3) is 0 Å². The van der Waals surface area contributed by atoms with E-state index in [1.807, 2.05) is 30.3 Å². The summed E-state index contributed by atoms with van der Waals surface area (Å²) in [4.78, 5) is 0. The molecule has 0 amide bonds. The second-order valence-corrected chi connectivity index (χ2v) is 5.67. The lowest BCUT2D eigenvalue weighted by Crippen LogP contribution is -2.17. The fraction of sp³-hybridized carbons (Fsp3) is 0.333. The van der Waals surface area contributed by atoms with Crippen molar-refractivity contribution in [2.24, 2.45) is 0 Å². The summed E-state index contributed by atoms with van der Waals surface area (Å²) in [6.07, 6.45) is 0. The molecule has 2 rings (SSSR count). The second kappa shape index (κ2) is 6.97. The molecule has 1 atom stereocenters. The van der Waals surface area contributed by atoms with E-state index in [0.717, 1.165) is 34.2 Å². The maximum atomic E-state index is 6.38. The van der Waals surface area contributed by atoms with Crippen LogP contribution in [0.15, 0.2) is 36.4 Å². The molecule has 0 aliphatic heterocycles. The Morgan fingerprint density at radius 2 is 1.95 bits per heavy atom.